The van der Waals surface area contributed by atoms with E-state index in [1.54, 1.807) is 23.1 Å². The number of nitrogens with zero attached hydrogens (tertiary/aromatic N) is 3. The first-order valence-electron chi connectivity index (χ1n) is 4.84. The first-order chi connectivity index (χ1) is 7.78. The first kappa shape index (κ1) is 11.3. The molecule has 0 unspecified atom stereocenters. The summed E-state index contributed by atoms with van der Waals surface area (Å²) in [7, 11) is 1.87. The van der Waals surface area contributed by atoms with Crippen molar-refractivity contribution in [1.29, 1.82) is 0 Å². The van der Waals surface area contributed by atoms with Gasteiger partial charge in [0.05, 0.1) is 5.69 Å². The molecule has 0 aliphatic rings. The molecule has 0 fully saturated rings. The van der Waals surface area contributed by atoms with E-state index in [-0.39, 0.29) is 0 Å². The molecule has 1 N–H and O–H groups in total. The molecule has 0 aromatic carbocycles. The van der Waals surface area contributed by atoms with Crippen LogP contribution in [0.25, 0.3) is 0 Å². The maximum Gasteiger partial charge on any atom is 0.174 e. The molecule has 0 saturated carbocycles. The zero-order valence-corrected chi connectivity index (χ0v) is 10.7. The van der Waals surface area contributed by atoms with E-state index in [0.29, 0.717) is 0 Å². The third-order valence-corrected chi connectivity index (χ3v) is 3.92. The molecule has 6 heteroatoms. The van der Waals surface area contributed by atoms with Crippen molar-refractivity contribution in [2.24, 2.45) is 0 Å². The lowest BCUT2D eigenvalue weighted by atomic mass is 10.4. The molecule has 0 saturated heterocycles. The highest BCUT2D eigenvalue weighted by molar-refractivity contribution is 8.00. The summed E-state index contributed by atoms with van der Waals surface area (Å²) in [6.07, 6.45) is 0. The van der Waals surface area contributed by atoms with Gasteiger partial charge in [-0.2, -0.15) is 0 Å². The van der Waals surface area contributed by atoms with Crippen molar-refractivity contribution in [3.8, 4) is 0 Å². The molecule has 2 aromatic rings. The maximum absolute atomic E-state index is 4.44. The highest BCUT2D eigenvalue weighted by Crippen LogP contribution is 2.25. The van der Waals surface area contributed by atoms with Crippen LogP contribution < -0.4 is 5.32 Å². The molecule has 0 radical (unpaired) electrons. The number of hydrogen-bond acceptors (Lipinski definition) is 6. The third-order valence-electron chi connectivity index (χ3n) is 1.91. The van der Waals surface area contributed by atoms with Crippen LogP contribution in [-0.4, -0.2) is 22.2 Å². The fourth-order valence-electron chi connectivity index (χ4n) is 1.17. The zero-order chi connectivity index (χ0) is 11.4. The van der Waals surface area contributed by atoms with Gasteiger partial charge in [0.2, 0.25) is 0 Å². The number of thioether (sulfide) groups is 1. The van der Waals surface area contributed by atoms with Crippen LogP contribution in [-0.2, 0) is 5.75 Å². The van der Waals surface area contributed by atoms with Crippen LogP contribution in [0.1, 0.15) is 10.7 Å². The summed E-state index contributed by atoms with van der Waals surface area (Å²) in [6.45, 7) is 1.96. The van der Waals surface area contributed by atoms with Gasteiger partial charge in [-0.15, -0.1) is 10.2 Å². The fraction of sp³-hybridized carbons (Fsp3) is 0.300. The molecule has 84 valence electrons. The molecule has 0 bridgehead atoms. The molecule has 0 amide bonds. The zero-order valence-electron chi connectivity index (χ0n) is 9.10. The summed E-state index contributed by atoms with van der Waals surface area (Å²) in [5.41, 5.74) is 1.05. The van der Waals surface area contributed by atoms with Crippen LogP contribution in [0.3, 0.4) is 0 Å². The van der Waals surface area contributed by atoms with Gasteiger partial charge in [-0.3, -0.25) is 0 Å². The summed E-state index contributed by atoms with van der Waals surface area (Å²) in [5, 5.41) is 12.1. The van der Waals surface area contributed by atoms with Gasteiger partial charge in [-0.1, -0.05) is 29.2 Å². The standard InChI is InChI=1S/C10H12N4S2/c1-7-13-14-10(16-7)15-6-8-4-3-5-9(11-2)12-8/h3-5H,6H2,1-2H3,(H,11,12). The molecule has 0 atom stereocenters. The summed E-state index contributed by atoms with van der Waals surface area (Å²) >= 11 is 3.28. The molecule has 2 rings (SSSR count). The number of aromatic nitrogens is 3. The Morgan fingerprint density at radius 2 is 2.25 bits per heavy atom. The second kappa shape index (κ2) is 5.27. The Labute approximate surface area is 103 Å². The number of aryl methyl sites for hydroxylation is 1. The van der Waals surface area contributed by atoms with E-state index in [9.17, 15) is 0 Å². The predicted molar refractivity (Wildman–Crippen MR) is 68.0 cm³/mol. The third kappa shape index (κ3) is 2.93. The highest BCUT2D eigenvalue weighted by atomic mass is 32.2. The van der Waals surface area contributed by atoms with Crippen molar-refractivity contribution in [3.63, 3.8) is 0 Å². The Kier molecular flexibility index (Phi) is 3.74. The minimum absolute atomic E-state index is 0.824. The van der Waals surface area contributed by atoms with Gasteiger partial charge in [0.25, 0.3) is 0 Å². The monoisotopic (exact) mass is 252 g/mol. The molecule has 0 spiro atoms. The number of hydrogen-bond donors (Lipinski definition) is 1. The largest absolute Gasteiger partial charge is 0.373 e. The predicted octanol–water partition coefficient (Wildman–Crippen LogP) is 2.58. The molecule has 2 aromatic heterocycles. The SMILES string of the molecule is CNc1cccc(CSc2nnc(C)s2)n1. The Morgan fingerprint density at radius 1 is 1.38 bits per heavy atom. The molecular formula is C10H12N4S2. The molecule has 16 heavy (non-hydrogen) atoms. The summed E-state index contributed by atoms with van der Waals surface area (Å²) in [5.74, 6) is 1.72. The van der Waals surface area contributed by atoms with Crippen molar-refractivity contribution in [2.75, 3.05) is 12.4 Å². The van der Waals surface area contributed by atoms with Gasteiger partial charge in [0.15, 0.2) is 4.34 Å². The lowest BCUT2D eigenvalue weighted by molar-refractivity contribution is 0.983. The van der Waals surface area contributed by atoms with Gasteiger partial charge < -0.3 is 5.32 Å². The lowest BCUT2D eigenvalue weighted by Gasteiger charge is -2.01. The van der Waals surface area contributed by atoms with Gasteiger partial charge in [0, 0.05) is 12.8 Å². The minimum atomic E-state index is 0.824. The van der Waals surface area contributed by atoms with Gasteiger partial charge in [-0.25, -0.2) is 4.98 Å². The summed E-state index contributed by atoms with van der Waals surface area (Å²) < 4.78 is 0.995. The average Bonchev–Trinajstić information content (AvgIpc) is 2.73. The van der Waals surface area contributed by atoms with Crippen molar-refractivity contribution in [2.45, 2.75) is 17.0 Å². The molecular weight excluding hydrogens is 240 g/mol. The Bertz CT molecular complexity index is 469. The van der Waals surface area contributed by atoms with Crippen molar-refractivity contribution in [3.05, 3.63) is 28.9 Å². The highest BCUT2D eigenvalue weighted by Gasteiger charge is 2.03. The van der Waals surface area contributed by atoms with Crippen LogP contribution >= 0.6 is 23.1 Å². The van der Waals surface area contributed by atoms with E-state index < -0.39 is 0 Å². The average molecular weight is 252 g/mol. The molecule has 0 aliphatic heterocycles. The van der Waals surface area contributed by atoms with E-state index >= 15 is 0 Å². The van der Waals surface area contributed by atoms with Crippen LogP contribution in [0.4, 0.5) is 5.82 Å². The van der Waals surface area contributed by atoms with E-state index in [0.717, 1.165) is 26.6 Å². The van der Waals surface area contributed by atoms with E-state index in [1.165, 1.54) is 0 Å². The normalized spacial score (nSPS) is 10.4. The molecule has 2 heterocycles. The van der Waals surface area contributed by atoms with Gasteiger partial charge in [0.1, 0.15) is 10.8 Å². The minimum Gasteiger partial charge on any atom is -0.373 e. The topological polar surface area (TPSA) is 50.7 Å². The van der Waals surface area contributed by atoms with E-state index in [1.807, 2.05) is 32.2 Å². The van der Waals surface area contributed by atoms with Gasteiger partial charge in [-0.05, 0) is 19.1 Å². The summed E-state index contributed by atoms with van der Waals surface area (Å²) in [6, 6.07) is 5.96. The lowest BCUT2D eigenvalue weighted by Crippen LogP contribution is -1.94. The van der Waals surface area contributed by atoms with Gasteiger partial charge >= 0.3 is 0 Å². The smallest absolute Gasteiger partial charge is 0.174 e. The van der Waals surface area contributed by atoms with Crippen molar-refractivity contribution >= 4 is 28.9 Å². The second-order valence-corrected chi connectivity index (χ2v) is 5.54. The van der Waals surface area contributed by atoms with Crippen molar-refractivity contribution < 1.29 is 0 Å². The first-order valence-corrected chi connectivity index (χ1v) is 6.65. The van der Waals surface area contributed by atoms with Crippen LogP contribution in [0.15, 0.2) is 22.5 Å². The fourth-order valence-corrected chi connectivity index (χ4v) is 2.89. The Balaban J connectivity index is 1.99. The van der Waals surface area contributed by atoms with Crippen LogP contribution in [0.2, 0.25) is 0 Å². The number of anilines is 1. The second-order valence-electron chi connectivity index (χ2n) is 3.14. The summed E-state index contributed by atoms with van der Waals surface area (Å²) in [4.78, 5) is 4.44. The number of pyridine rings is 1. The van der Waals surface area contributed by atoms with Crippen LogP contribution in [0, 0.1) is 6.92 Å². The number of rotatable bonds is 4. The van der Waals surface area contributed by atoms with E-state index in [2.05, 4.69) is 20.5 Å². The van der Waals surface area contributed by atoms with Crippen LogP contribution in [0.5, 0.6) is 0 Å². The molecule has 0 aliphatic carbocycles. The molecule has 4 nitrogen and oxygen atoms in total. The van der Waals surface area contributed by atoms with E-state index in [4.69, 9.17) is 0 Å². The quantitative estimate of drug-likeness (QED) is 0.848. The number of nitrogens with one attached hydrogen (secondary N) is 1. The van der Waals surface area contributed by atoms with Crippen molar-refractivity contribution in [1.82, 2.24) is 15.2 Å². The maximum atomic E-state index is 4.44. The Hall–Kier alpha value is -1.14. The Morgan fingerprint density at radius 3 is 2.94 bits per heavy atom.